The Labute approximate surface area is 145 Å². The third kappa shape index (κ3) is 3.64. The monoisotopic (exact) mass is 337 g/mol. The Morgan fingerprint density at radius 1 is 1.28 bits per heavy atom. The van der Waals surface area contributed by atoms with Gasteiger partial charge in [-0.2, -0.15) is 0 Å². The summed E-state index contributed by atoms with van der Waals surface area (Å²) < 4.78 is 12.9. The zero-order valence-electron chi connectivity index (χ0n) is 13.7. The minimum atomic E-state index is -0.160. The van der Waals surface area contributed by atoms with Gasteiger partial charge in [0.15, 0.2) is 0 Å². The number of pyridine rings is 1. The molecule has 6 heteroatoms. The molecule has 1 fully saturated rings. The van der Waals surface area contributed by atoms with E-state index in [4.69, 9.17) is 9.47 Å². The van der Waals surface area contributed by atoms with E-state index in [2.05, 4.69) is 10.3 Å². The van der Waals surface area contributed by atoms with Gasteiger partial charge in [-0.05, 0) is 42.8 Å². The van der Waals surface area contributed by atoms with Crippen molar-refractivity contribution in [3.63, 3.8) is 0 Å². The Morgan fingerprint density at radius 3 is 2.96 bits per heavy atom. The van der Waals surface area contributed by atoms with Crippen LogP contribution in [0.25, 0.3) is 5.65 Å². The lowest BCUT2D eigenvalue weighted by Crippen LogP contribution is -2.13. The third-order valence-corrected chi connectivity index (χ3v) is 4.27. The molecule has 3 aromatic rings. The minimum absolute atomic E-state index is 0.160. The van der Waals surface area contributed by atoms with Crippen molar-refractivity contribution in [1.29, 1.82) is 0 Å². The van der Waals surface area contributed by atoms with E-state index in [0.717, 1.165) is 36.7 Å². The van der Waals surface area contributed by atoms with Crippen LogP contribution in [0.3, 0.4) is 0 Å². The smallest absolute Gasteiger partial charge is 0.257 e. The first-order chi connectivity index (χ1) is 12.3. The summed E-state index contributed by atoms with van der Waals surface area (Å²) in [5.74, 6) is 1.11. The summed E-state index contributed by atoms with van der Waals surface area (Å²) in [5.41, 5.74) is 2.12. The van der Waals surface area contributed by atoms with Gasteiger partial charge in [-0.3, -0.25) is 4.79 Å². The first-order valence-electron chi connectivity index (χ1n) is 8.32. The van der Waals surface area contributed by atoms with Crippen LogP contribution in [0.4, 0.5) is 5.69 Å². The van der Waals surface area contributed by atoms with Crippen molar-refractivity contribution in [3.05, 3.63) is 60.6 Å². The van der Waals surface area contributed by atoms with Crippen LogP contribution in [0, 0.1) is 5.92 Å². The second kappa shape index (κ2) is 6.94. The number of hydrogen-bond donors (Lipinski definition) is 1. The molecule has 0 saturated carbocycles. The van der Waals surface area contributed by atoms with Crippen molar-refractivity contribution in [1.82, 2.24) is 9.38 Å². The number of anilines is 1. The van der Waals surface area contributed by atoms with E-state index in [1.54, 1.807) is 18.5 Å². The molecule has 0 unspecified atom stereocenters. The number of carbonyl (C=O) groups is 1. The van der Waals surface area contributed by atoms with Crippen molar-refractivity contribution >= 4 is 17.2 Å². The van der Waals surface area contributed by atoms with E-state index < -0.39 is 0 Å². The van der Waals surface area contributed by atoms with Crippen molar-refractivity contribution in [2.75, 3.05) is 25.1 Å². The number of aromatic nitrogens is 2. The molecule has 0 aliphatic carbocycles. The lowest BCUT2D eigenvalue weighted by atomic mass is 10.1. The Bertz CT molecular complexity index is 867. The fourth-order valence-corrected chi connectivity index (χ4v) is 2.82. The average molecular weight is 337 g/mol. The van der Waals surface area contributed by atoms with Crippen molar-refractivity contribution < 1.29 is 14.3 Å². The molecule has 1 aliphatic heterocycles. The zero-order valence-corrected chi connectivity index (χ0v) is 13.7. The minimum Gasteiger partial charge on any atom is -0.493 e. The van der Waals surface area contributed by atoms with Crippen LogP contribution in [0.5, 0.6) is 5.75 Å². The highest BCUT2D eigenvalue weighted by Crippen LogP contribution is 2.19. The lowest BCUT2D eigenvalue weighted by molar-refractivity contribution is 0.102. The Balaban J connectivity index is 1.37. The van der Waals surface area contributed by atoms with E-state index in [1.165, 1.54) is 0 Å². The number of imidazole rings is 1. The van der Waals surface area contributed by atoms with Gasteiger partial charge >= 0.3 is 0 Å². The first kappa shape index (κ1) is 15.7. The van der Waals surface area contributed by atoms with Gasteiger partial charge in [0.1, 0.15) is 11.4 Å². The van der Waals surface area contributed by atoms with E-state index in [9.17, 15) is 4.79 Å². The van der Waals surface area contributed by atoms with Crippen molar-refractivity contribution in [2.24, 2.45) is 5.92 Å². The number of nitrogens with one attached hydrogen (secondary N) is 1. The Hall–Kier alpha value is -2.86. The molecule has 1 amide bonds. The van der Waals surface area contributed by atoms with Gasteiger partial charge in [-0.25, -0.2) is 4.98 Å². The second-order valence-electron chi connectivity index (χ2n) is 6.13. The third-order valence-electron chi connectivity index (χ3n) is 4.27. The zero-order chi connectivity index (χ0) is 17.1. The van der Waals surface area contributed by atoms with Gasteiger partial charge in [0, 0.05) is 36.8 Å². The maximum absolute atomic E-state index is 12.4. The van der Waals surface area contributed by atoms with Crippen molar-refractivity contribution in [2.45, 2.75) is 6.42 Å². The highest BCUT2D eigenvalue weighted by Gasteiger charge is 2.16. The summed E-state index contributed by atoms with van der Waals surface area (Å²) >= 11 is 0. The van der Waals surface area contributed by atoms with Crippen LogP contribution < -0.4 is 10.1 Å². The van der Waals surface area contributed by atoms with E-state index in [-0.39, 0.29) is 5.91 Å². The van der Waals surface area contributed by atoms with Gasteiger partial charge in [0.25, 0.3) is 5.91 Å². The molecule has 3 heterocycles. The molecule has 6 nitrogen and oxygen atoms in total. The molecule has 25 heavy (non-hydrogen) atoms. The highest BCUT2D eigenvalue weighted by atomic mass is 16.5. The molecular formula is C19H19N3O3. The van der Waals surface area contributed by atoms with Crippen LogP contribution in [-0.4, -0.2) is 35.1 Å². The molecule has 2 aromatic heterocycles. The number of hydrogen-bond acceptors (Lipinski definition) is 4. The van der Waals surface area contributed by atoms with Crippen LogP contribution in [0.15, 0.2) is 55.0 Å². The molecule has 4 rings (SSSR count). The van der Waals surface area contributed by atoms with Gasteiger partial charge in [0.2, 0.25) is 0 Å². The molecule has 1 N–H and O–H groups in total. The van der Waals surface area contributed by atoms with Gasteiger partial charge in [-0.1, -0.05) is 0 Å². The molecule has 1 aromatic carbocycles. The second-order valence-corrected chi connectivity index (χ2v) is 6.13. The fourth-order valence-electron chi connectivity index (χ4n) is 2.82. The number of nitrogens with zero attached hydrogens (tertiary/aromatic N) is 2. The maximum atomic E-state index is 12.4. The topological polar surface area (TPSA) is 64.9 Å². The quantitative estimate of drug-likeness (QED) is 0.777. The molecule has 128 valence electrons. The summed E-state index contributed by atoms with van der Waals surface area (Å²) in [6.07, 6.45) is 6.33. The number of ether oxygens (including phenoxy) is 2. The Morgan fingerprint density at radius 2 is 2.16 bits per heavy atom. The molecule has 1 saturated heterocycles. The Kier molecular flexibility index (Phi) is 4.35. The van der Waals surface area contributed by atoms with E-state index in [1.807, 2.05) is 40.9 Å². The number of amides is 1. The van der Waals surface area contributed by atoms with Gasteiger partial charge in [-0.15, -0.1) is 0 Å². The number of benzene rings is 1. The largest absolute Gasteiger partial charge is 0.493 e. The van der Waals surface area contributed by atoms with Crippen LogP contribution in [-0.2, 0) is 4.74 Å². The summed E-state index contributed by atoms with van der Waals surface area (Å²) in [6.45, 7) is 2.26. The number of carbonyl (C=O) groups excluding carboxylic acids is 1. The SMILES string of the molecule is O=C(Nc1ccc(OC[C@@H]2CCOC2)cc1)c1ccc2nccn2c1. The van der Waals surface area contributed by atoms with E-state index in [0.29, 0.717) is 18.1 Å². The number of rotatable bonds is 5. The van der Waals surface area contributed by atoms with Crippen LogP contribution in [0.1, 0.15) is 16.8 Å². The average Bonchev–Trinajstić information content (AvgIpc) is 3.32. The predicted octanol–water partition coefficient (Wildman–Crippen LogP) is 3.00. The maximum Gasteiger partial charge on any atom is 0.257 e. The fraction of sp³-hybridized carbons (Fsp3) is 0.263. The lowest BCUT2D eigenvalue weighted by Gasteiger charge is -2.11. The standard InChI is InChI=1S/C19H19N3O3/c23-19(15-1-6-18-20-8-9-22(18)11-15)21-16-2-4-17(5-3-16)25-13-14-7-10-24-12-14/h1-6,8-9,11,14H,7,10,12-13H2,(H,21,23)/t14-/m1/s1. The summed E-state index contributed by atoms with van der Waals surface area (Å²) in [6, 6.07) is 11.0. The van der Waals surface area contributed by atoms with Gasteiger partial charge < -0.3 is 19.2 Å². The van der Waals surface area contributed by atoms with Gasteiger partial charge in [0.05, 0.1) is 18.8 Å². The van der Waals surface area contributed by atoms with Crippen molar-refractivity contribution in [3.8, 4) is 5.75 Å². The van der Waals surface area contributed by atoms with Crippen LogP contribution in [0.2, 0.25) is 0 Å². The number of fused-ring (bicyclic) bond motifs is 1. The molecule has 1 atom stereocenters. The van der Waals surface area contributed by atoms with Crippen LogP contribution >= 0.6 is 0 Å². The normalized spacial score (nSPS) is 16.9. The van der Waals surface area contributed by atoms with E-state index >= 15 is 0 Å². The summed E-state index contributed by atoms with van der Waals surface area (Å²) in [5, 5.41) is 2.89. The molecule has 0 bridgehead atoms. The highest BCUT2D eigenvalue weighted by molar-refractivity contribution is 6.04. The summed E-state index contributed by atoms with van der Waals surface area (Å²) in [4.78, 5) is 16.5. The predicted molar refractivity (Wildman–Crippen MR) is 94.0 cm³/mol. The first-order valence-corrected chi connectivity index (χ1v) is 8.32. The summed E-state index contributed by atoms with van der Waals surface area (Å²) in [7, 11) is 0. The molecular weight excluding hydrogens is 318 g/mol. The molecule has 0 spiro atoms. The molecule has 1 aliphatic rings. The molecule has 0 radical (unpaired) electrons.